The normalized spacial score (nSPS) is 33.1. The molecule has 0 radical (unpaired) electrons. The van der Waals surface area contributed by atoms with Crippen LogP contribution in [0.5, 0.6) is 5.75 Å². The summed E-state index contributed by atoms with van der Waals surface area (Å²) < 4.78 is 5.65. The van der Waals surface area contributed by atoms with Gasteiger partial charge in [0.2, 0.25) is 0 Å². The summed E-state index contributed by atoms with van der Waals surface area (Å²) in [7, 11) is 0. The van der Waals surface area contributed by atoms with Crippen LogP contribution in [0, 0.1) is 5.92 Å². The molecule has 3 rings (SSSR count). The van der Waals surface area contributed by atoms with Crippen LogP contribution >= 0.6 is 0 Å². The van der Waals surface area contributed by atoms with Gasteiger partial charge in [-0.1, -0.05) is 0 Å². The highest BCUT2D eigenvalue weighted by atomic mass is 16.5. The largest absolute Gasteiger partial charge is 0.505 e. The molecule has 4 unspecified atom stereocenters. The highest BCUT2D eigenvalue weighted by Gasteiger charge is 2.51. The summed E-state index contributed by atoms with van der Waals surface area (Å²) in [6, 6.07) is 2.73. The third-order valence-corrected chi connectivity index (χ3v) is 3.98. The van der Waals surface area contributed by atoms with Crippen LogP contribution in [0.4, 0.5) is 0 Å². The predicted octanol–water partition coefficient (Wildman–Crippen LogP) is 0.0217. The van der Waals surface area contributed by atoms with E-state index in [0.29, 0.717) is 5.92 Å². The molecule has 19 heavy (non-hydrogen) atoms. The van der Waals surface area contributed by atoms with E-state index in [9.17, 15) is 9.90 Å². The Morgan fingerprint density at radius 1 is 1.58 bits per heavy atom. The average molecular weight is 263 g/mol. The van der Waals surface area contributed by atoms with Crippen LogP contribution in [-0.2, 0) is 4.74 Å². The fraction of sp³-hybridized carbons (Fsp3) is 0.538. The van der Waals surface area contributed by atoms with Gasteiger partial charge in [0.05, 0.1) is 12.1 Å². The summed E-state index contributed by atoms with van der Waals surface area (Å²) in [5.41, 5.74) is 6.09. The maximum absolute atomic E-state index is 12.0. The number of aromatic nitrogens is 1. The number of nitrogens with two attached hydrogens (primary N) is 1. The zero-order valence-electron chi connectivity index (χ0n) is 10.5. The smallest absolute Gasteiger partial charge is 0.274 e. The van der Waals surface area contributed by atoms with E-state index in [-0.39, 0.29) is 29.6 Å². The van der Waals surface area contributed by atoms with Crippen molar-refractivity contribution < 1.29 is 14.6 Å². The van der Waals surface area contributed by atoms with E-state index in [4.69, 9.17) is 10.5 Å². The first-order valence-electron chi connectivity index (χ1n) is 6.50. The zero-order valence-corrected chi connectivity index (χ0v) is 10.5. The lowest BCUT2D eigenvalue weighted by Gasteiger charge is -2.52. The summed E-state index contributed by atoms with van der Waals surface area (Å²) in [5.74, 6) is -0.212. The Balaban J connectivity index is 1.69. The van der Waals surface area contributed by atoms with Gasteiger partial charge < -0.3 is 20.9 Å². The molecule has 1 aliphatic heterocycles. The Morgan fingerprint density at radius 2 is 2.42 bits per heavy atom. The molecule has 2 fully saturated rings. The van der Waals surface area contributed by atoms with Crippen LogP contribution in [0.25, 0.3) is 0 Å². The van der Waals surface area contributed by atoms with Crippen LogP contribution in [0.2, 0.25) is 0 Å². The van der Waals surface area contributed by atoms with Crippen molar-refractivity contribution in [1.82, 2.24) is 10.3 Å². The quantitative estimate of drug-likeness (QED) is 0.699. The SMILES string of the molecule is NC1C2CCCOC2C1NC(=O)c1ncccc1O. The fourth-order valence-electron chi connectivity index (χ4n) is 2.92. The van der Waals surface area contributed by atoms with Gasteiger partial charge in [0.25, 0.3) is 5.91 Å². The van der Waals surface area contributed by atoms with Crippen LogP contribution in [0.1, 0.15) is 23.3 Å². The van der Waals surface area contributed by atoms with Gasteiger partial charge in [-0.3, -0.25) is 4.79 Å². The Morgan fingerprint density at radius 3 is 3.21 bits per heavy atom. The first kappa shape index (κ1) is 12.4. The second kappa shape index (κ2) is 4.79. The molecular weight excluding hydrogens is 246 g/mol. The molecule has 1 saturated heterocycles. The van der Waals surface area contributed by atoms with Crippen LogP contribution in [-0.4, -0.2) is 40.8 Å². The number of carbonyl (C=O) groups is 1. The molecule has 1 aliphatic carbocycles. The molecule has 0 spiro atoms. The van der Waals surface area contributed by atoms with Gasteiger partial charge in [0, 0.05) is 24.8 Å². The minimum atomic E-state index is -0.411. The standard InChI is InChI=1S/C13H17N3O3/c14-9-7-3-2-6-19-12(7)11(9)16-13(18)10-8(17)4-1-5-15-10/h1,4-5,7,9,11-12,17H,2-3,6,14H2,(H,16,18). The van der Waals surface area contributed by atoms with Gasteiger partial charge >= 0.3 is 0 Å². The van der Waals surface area contributed by atoms with Gasteiger partial charge in [-0.2, -0.15) is 0 Å². The molecule has 4 N–H and O–H groups in total. The molecule has 4 atom stereocenters. The number of aromatic hydroxyl groups is 1. The lowest BCUT2D eigenvalue weighted by atomic mass is 9.68. The third-order valence-electron chi connectivity index (χ3n) is 3.98. The number of amides is 1. The van der Waals surface area contributed by atoms with Crippen LogP contribution in [0.15, 0.2) is 18.3 Å². The molecule has 2 aliphatic rings. The van der Waals surface area contributed by atoms with Crippen molar-refractivity contribution in [1.29, 1.82) is 0 Å². The predicted molar refractivity (Wildman–Crippen MR) is 67.6 cm³/mol. The topological polar surface area (TPSA) is 97.5 Å². The van der Waals surface area contributed by atoms with Crippen molar-refractivity contribution in [3.63, 3.8) is 0 Å². The Hall–Kier alpha value is -1.66. The monoisotopic (exact) mass is 263 g/mol. The Kier molecular flexibility index (Phi) is 3.12. The van der Waals surface area contributed by atoms with Crippen LogP contribution < -0.4 is 11.1 Å². The molecular formula is C13H17N3O3. The summed E-state index contributed by atoms with van der Waals surface area (Å²) >= 11 is 0. The molecule has 1 amide bonds. The molecule has 1 aromatic rings. The molecule has 1 aromatic heterocycles. The zero-order chi connectivity index (χ0) is 13.4. The number of pyridine rings is 1. The lowest BCUT2D eigenvalue weighted by molar-refractivity contribution is -0.117. The number of hydrogen-bond donors (Lipinski definition) is 3. The van der Waals surface area contributed by atoms with Gasteiger partial charge in [-0.15, -0.1) is 0 Å². The van der Waals surface area contributed by atoms with Crippen LogP contribution in [0.3, 0.4) is 0 Å². The molecule has 6 heteroatoms. The molecule has 2 heterocycles. The van der Waals surface area contributed by atoms with E-state index in [1.54, 1.807) is 6.07 Å². The first-order chi connectivity index (χ1) is 9.18. The number of ether oxygens (including phenoxy) is 1. The molecule has 102 valence electrons. The highest BCUT2D eigenvalue weighted by Crippen LogP contribution is 2.37. The van der Waals surface area contributed by atoms with E-state index < -0.39 is 5.91 Å². The van der Waals surface area contributed by atoms with Crippen molar-refractivity contribution in [2.45, 2.75) is 31.0 Å². The minimum Gasteiger partial charge on any atom is -0.505 e. The maximum atomic E-state index is 12.0. The second-order valence-corrected chi connectivity index (χ2v) is 5.09. The number of hydrogen-bond acceptors (Lipinski definition) is 5. The lowest BCUT2D eigenvalue weighted by Crippen LogP contribution is -2.72. The van der Waals surface area contributed by atoms with Gasteiger partial charge in [-0.25, -0.2) is 4.98 Å². The molecule has 0 aromatic carbocycles. The fourth-order valence-corrected chi connectivity index (χ4v) is 2.92. The van der Waals surface area contributed by atoms with Crippen molar-refractivity contribution in [2.75, 3.05) is 6.61 Å². The van der Waals surface area contributed by atoms with Gasteiger partial charge in [0.15, 0.2) is 5.69 Å². The third kappa shape index (κ3) is 2.06. The van der Waals surface area contributed by atoms with Gasteiger partial charge in [0.1, 0.15) is 5.75 Å². The summed E-state index contributed by atoms with van der Waals surface area (Å²) in [6.07, 6.45) is 3.54. The Bertz CT molecular complexity index is 494. The first-order valence-corrected chi connectivity index (χ1v) is 6.50. The molecule has 6 nitrogen and oxygen atoms in total. The summed E-state index contributed by atoms with van der Waals surface area (Å²) in [6.45, 7) is 0.717. The van der Waals surface area contributed by atoms with E-state index in [1.165, 1.54) is 12.3 Å². The van der Waals surface area contributed by atoms with Crippen molar-refractivity contribution in [3.05, 3.63) is 24.0 Å². The number of rotatable bonds is 2. The molecule has 1 saturated carbocycles. The van der Waals surface area contributed by atoms with E-state index in [0.717, 1.165) is 19.4 Å². The maximum Gasteiger partial charge on any atom is 0.274 e. The van der Waals surface area contributed by atoms with Crippen molar-refractivity contribution in [3.8, 4) is 5.75 Å². The minimum absolute atomic E-state index is 0.00134. The number of nitrogens with zero attached hydrogens (tertiary/aromatic N) is 1. The Labute approximate surface area is 111 Å². The van der Waals surface area contributed by atoms with E-state index in [1.807, 2.05) is 0 Å². The van der Waals surface area contributed by atoms with E-state index >= 15 is 0 Å². The summed E-state index contributed by atoms with van der Waals surface area (Å²) in [4.78, 5) is 15.9. The van der Waals surface area contributed by atoms with Crippen molar-refractivity contribution >= 4 is 5.91 Å². The number of carbonyl (C=O) groups excluding carboxylic acids is 1. The second-order valence-electron chi connectivity index (χ2n) is 5.09. The highest BCUT2D eigenvalue weighted by molar-refractivity contribution is 5.95. The van der Waals surface area contributed by atoms with Crippen molar-refractivity contribution in [2.24, 2.45) is 11.7 Å². The number of nitrogens with one attached hydrogen (secondary N) is 1. The van der Waals surface area contributed by atoms with Gasteiger partial charge in [-0.05, 0) is 25.0 Å². The van der Waals surface area contributed by atoms with E-state index in [2.05, 4.69) is 10.3 Å². The average Bonchev–Trinajstić information content (AvgIpc) is 2.44. The number of fused-ring (bicyclic) bond motifs is 1. The summed E-state index contributed by atoms with van der Waals surface area (Å²) in [5, 5.41) is 12.4. The molecule has 0 bridgehead atoms.